The molecule has 1 unspecified atom stereocenters. The van der Waals surface area contributed by atoms with Gasteiger partial charge in [-0.1, -0.05) is 46.3 Å². The molecule has 0 saturated heterocycles. The minimum Gasteiger partial charge on any atom is -0.497 e. The molecule has 0 fully saturated rings. The zero-order valence-corrected chi connectivity index (χ0v) is 15.3. The number of ether oxygens (including phenoxy) is 1. The van der Waals surface area contributed by atoms with Crippen molar-refractivity contribution in [2.24, 2.45) is 4.99 Å². The first kappa shape index (κ1) is 17.4. The number of halogens is 1. The molecule has 3 nitrogen and oxygen atoms in total. The molecule has 1 atom stereocenters. The number of aliphatic hydroxyl groups excluding tert-OH is 1. The van der Waals surface area contributed by atoms with Gasteiger partial charge in [0.1, 0.15) is 11.9 Å². The summed E-state index contributed by atoms with van der Waals surface area (Å²) in [5.41, 5.74) is 3.28. The predicted molar refractivity (Wildman–Crippen MR) is 105 cm³/mol. The molecule has 0 aliphatic heterocycles. The Morgan fingerprint density at radius 2 is 1.72 bits per heavy atom. The Bertz CT molecular complexity index is 861. The SMILES string of the molecule is COc1ccc(C=Nc2ccc(Br)cc2C(O)c2ccccc2)cc1. The van der Waals surface area contributed by atoms with Crippen LogP contribution in [0.5, 0.6) is 5.75 Å². The third-order valence-electron chi connectivity index (χ3n) is 3.87. The normalized spacial score (nSPS) is 12.3. The second-order valence-corrected chi connectivity index (χ2v) is 6.46. The highest BCUT2D eigenvalue weighted by molar-refractivity contribution is 9.10. The fourth-order valence-corrected chi connectivity index (χ4v) is 2.89. The number of aliphatic imine (C=N–C) groups is 1. The molecule has 3 aromatic carbocycles. The smallest absolute Gasteiger partial charge is 0.118 e. The number of hydrogen-bond acceptors (Lipinski definition) is 3. The first-order chi connectivity index (χ1) is 12.2. The summed E-state index contributed by atoms with van der Waals surface area (Å²) in [5.74, 6) is 0.806. The van der Waals surface area contributed by atoms with Crippen LogP contribution in [0.1, 0.15) is 22.8 Å². The number of rotatable bonds is 5. The number of aliphatic hydroxyl groups is 1. The highest BCUT2D eigenvalue weighted by Gasteiger charge is 2.14. The monoisotopic (exact) mass is 395 g/mol. The zero-order chi connectivity index (χ0) is 17.6. The molecule has 3 aromatic rings. The predicted octanol–water partition coefficient (Wildman–Crippen LogP) is 5.29. The second-order valence-electron chi connectivity index (χ2n) is 5.55. The fourth-order valence-electron chi connectivity index (χ4n) is 2.51. The van der Waals surface area contributed by atoms with E-state index in [4.69, 9.17) is 4.74 Å². The molecule has 0 spiro atoms. The molecule has 3 rings (SSSR count). The van der Waals surface area contributed by atoms with Crippen molar-refractivity contribution in [2.75, 3.05) is 7.11 Å². The van der Waals surface area contributed by atoms with Crippen molar-refractivity contribution >= 4 is 27.8 Å². The molecule has 126 valence electrons. The lowest BCUT2D eigenvalue weighted by molar-refractivity contribution is 0.221. The number of hydrogen-bond donors (Lipinski definition) is 1. The topological polar surface area (TPSA) is 41.8 Å². The van der Waals surface area contributed by atoms with E-state index in [9.17, 15) is 5.11 Å². The first-order valence-electron chi connectivity index (χ1n) is 7.88. The van der Waals surface area contributed by atoms with Gasteiger partial charge in [-0.2, -0.15) is 0 Å². The van der Waals surface area contributed by atoms with Gasteiger partial charge in [-0.05, 0) is 53.6 Å². The van der Waals surface area contributed by atoms with Gasteiger partial charge in [0, 0.05) is 16.3 Å². The lowest BCUT2D eigenvalue weighted by Crippen LogP contribution is -2.00. The van der Waals surface area contributed by atoms with E-state index in [2.05, 4.69) is 20.9 Å². The van der Waals surface area contributed by atoms with E-state index >= 15 is 0 Å². The van der Waals surface area contributed by atoms with Crippen LogP contribution in [-0.4, -0.2) is 18.4 Å². The average molecular weight is 396 g/mol. The van der Waals surface area contributed by atoms with Gasteiger partial charge in [0.15, 0.2) is 0 Å². The Morgan fingerprint density at radius 1 is 1.00 bits per heavy atom. The maximum Gasteiger partial charge on any atom is 0.118 e. The zero-order valence-electron chi connectivity index (χ0n) is 13.8. The molecule has 0 radical (unpaired) electrons. The van der Waals surface area contributed by atoms with Crippen LogP contribution in [0.15, 0.2) is 82.3 Å². The van der Waals surface area contributed by atoms with Crippen LogP contribution >= 0.6 is 15.9 Å². The number of nitrogens with zero attached hydrogens (tertiary/aromatic N) is 1. The van der Waals surface area contributed by atoms with Crippen LogP contribution in [0.2, 0.25) is 0 Å². The van der Waals surface area contributed by atoms with Crippen molar-refractivity contribution in [3.05, 3.63) is 94.0 Å². The lowest BCUT2D eigenvalue weighted by atomic mass is 10.00. The summed E-state index contributed by atoms with van der Waals surface area (Å²) < 4.78 is 6.07. The average Bonchev–Trinajstić information content (AvgIpc) is 2.67. The number of benzene rings is 3. The highest BCUT2D eigenvalue weighted by atomic mass is 79.9. The molecule has 0 bridgehead atoms. The van der Waals surface area contributed by atoms with Gasteiger partial charge >= 0.3 is 0 Å². The molecule has 0 amide bonds. The molecule has 4 heteroatoms. The largest absolute Gasteiger partial charge is 0.497 e. The van der Waals surface area contributed by atoms with Crippen molar-refractivity contribution in [1.29, 1.82) is 0 Å². The lowest BCUT2D eigenvalue weighted by Gasteiger charge is -2.14. The molecule has 0 aliphatic carbocycles. The second kappa shape index (κ2) is 8.10. The molecule has 0 aliphatic rings. The third kappa shape index (κ3) is 4.35. The summed E-state index contributed by atoms with van der Waals surface area (Å²) >= 11 is 3.47. The van der Waals surface area contributed by atoms with E-state index in [1.54, 1.807) is 13.3 Å². The minimum atomic E-state index is -0.735. The standard InChI is InChI=1S/C21H18BrNO2/c1-25-18-10-7-15(8-11-18)14-23-20-12-9-17(22)13-19(20)21(24)16-5-3-2-4-6-16/h2-14,21,24H,1H3. The molecular formula is C21H18BrNO2. The van der Waals surface area contributed by atoms with E-state index in [1.807, 2.05) is 72.8 Å². The summed E-state index contributed by atoms with van der Waals surface area (Å²) in [4.78, 5) is 4.57. The summed E-state index contributed by atoms with van der Waals surface area (Å²) in [6.07, 6.45) is 1.05. The van der Waals surface area contributed by atoms with Gasteiger partial charge in [-0.3, -0.25) is 4.99 Å². The molecule has 0 aromatic heterocycles. The highest BCUT2D eigenvalue weighted by Crippen LogP contribution is 2.32. The van der Waals surface area contributed by atoms with Crippen LogP contribution in [0.25, 0.3) is 0 Å². The summed E-state index contributed by atoms with van der Waals surface area (Å²) in [7, 11) is 1.64. The van der Waals surface area contributed by atoms with E-state index in [0.29, 0.717) is 0 Å². The molecule has 1 N–H and O–H groups in total. The fraction of sp³-hybridized carbons (Fsp3) is 0.0952. The molecule has 0 heterocycles. The Kier molecular flexibility index (Phi) is 5.64. The number of methoxy groups -OCH3 is 1. The Balaban J connectivity index is 1.92. The van der Waals surface area contributed by atoms with Gasteiger partial charge in [0.05, 0.1) is 12.8 Å². The Hall–Kier alpha value is -2.43. The van der Waals surface area contributed by atoms with E-state index in [-0.39, 0.29) is 0 Å². The third-order valence-corrected chi connectivity index (χ3v) is 4.36. The van der Waals surface area contributed by atoms with Gasteiger partial charge in [0.2, 0.25) is 0 Å². The van der Waals surface area contributed by atoms with Crippen molar-refractivity contribution < 1.29 is 9.84 Å². The van der Waals surface area contributed by atoms with Gasteiger partial charge in [0.25, 0.3) is 0 Å². The van der Waals surface area contributed by atoms with Crippen molar-refractivity contribution in [3.8, 4) is 5.75 Å². The van der Waals surface area contributed by atoms with Crippen molar-refractivity contribution in [1.82, 2.24) is 0 Å². The quantitative estimate of drug-likeness (QED) is 0.596. The van der Waals surface area contributed by atoms with Gasteiger partial charge in [-0.15, -0.1) is 0 Å². The Labute approximate surface area is 155 Å². The van der Waals surface area contributed by atoms with E-state index in [0.717, 1.165) is 32.6 Å². The summed E-state index contributed by atoms with van der Waals surface area (Å²) in [6.45, 7) is 0. The summed E-state index contributed by atoms with van der Waals surface area (Å²) in [5, 5.41) is 10.8. The van der Waals surface area contributed by atoms with E-state index < -0.39 is 6.10 Å². The van der Waals surface area contributed by atoms with Crippen LogP contribution in [0, 0.1) is 0 Å². The first-order valence-corrected chi connectivity index (χ1v) is 8.67. The van der Waals surface area contributed by atoms with Crippen LogP contribution in [0.4, 0.5) is 5.69 Å². The molecular weight excluding hydrogens is 378 g/mol. The van der Waals surface area contributed by atoms with Gasteiger partial charge in [-0.25, -0.2) is 0 Å². The minimum absolute atomic E-state index is 0.732. The van der Waals surface area contributed by atoms with Crippen molar-refractivity contribution in [3.63, 3.8) is 0 Å². The maximum absolute atomic E-state index is 10.8. The van der Waals surface area contributed by atoms with Gasteiger partial charge < -0.3 is 9.84 Å². The van der Waals surface area contributed by atoms with Crippen molar-refractivity contribution in [2.45, 2.75) is 6.10 Å². The maximum atomic E-state index is 10.8. The van der Waals surface area contributed by atoms with Crippen LogP contribution < -0.4 is 4.74 Å². The summed E-state index contributed by atoms with van der Waals surface area (Å²) in [6, 6.07) is 22.9. The van der Waals surface area contributed by atoms with Crippen LogP contribution in [0.3, 0.4) is 0 Å². The molecule has 0 saturated carbocycles. The van der Waals surface area contributed by atoms with E-state index in [1.165, 1.54) is 0 Å². The van der Waals surface area contributed by atoms with Crippen LogP contribution in [-0.2, 0) is 0 Å². The Morgan fingerprint density at radius 3 is 2.40 bits per heavy atom. The molecule has 25 heavy (non-hydrogen) atoms.